The lowest BCUT2D eigenvalue weighted by Crippen LogP contribution is -2.36. The summed E-state index contributed by atoms with van der Waals surface area (Å²) in [5.41, 5.74) is 4.86. The number of hydrogen-bond donors (Lipinski definition) is 3. The highest BCUT2D eigenvalue weighted by atomic mass is 35.5. The van der Waals surface area contributed by atoms with Gasteiger partial charge in [0.15, 0.2) is 5.96 Å². The van der Waals surface area contributed by atoms with Crippen LogP contribution >= 0.6 is 23.2 Å². The number of esters is 2. The molecular formula is C5H7Cl2N3O3. The summed E-state index contributed by atoms with van der Waals surface area (Å²) in [6.07, 6.45) is 0. The summed E-state index contributed by atoms with van der Waals surface area (Å²) >= 11 is 10.2. The van der Waals surface area contributed by atoms with Crippen molar-refractivity contribution in [1.82, 2.24) is 5.32 Å². The maximum atomic E-state index is 10.7. The Kier molecular flexibility index (Phi) is 5.17. The average molecular weight is 228 g/mol. The molecule has 0 aliphatic rings. The van der Waals surface area contributed by atoms with E-state index < -0.39 is 22.7 Å². The van der Waals surface area contributed by atoms with Gasteiger partial charge in [0.05, 0.1) is 0 Å². The van der Waals surface area contributed by atoms with Crippen molar-refractivity contribution in [3.05, 3.63) is 0 Å². The molecule has 0 aliphatic carbocycles. The van der Waals surface area contributed by atoms with Gasteiger partial charge in [-0.15, -0.1) is 0 Å². The Morgan fingerprint density at radius 2 is 2.08 bits per heavy atom. The Hall–Kier alpha value is -1.01. The van der Waals surface area contributed by atoms with E-state index in [2.05, 4.69) is 10.1 Å². The van der Waals surface area contributed by atoms with Crippen LogP contribution in [0.3, 0.4) is 0 Å². The molecule has 0 saturated carbocycles. The molecule has 0 rings (SSSR count). The number of nitrogens with two attached hydrogens (primary N) is 1. The molecule has 0 unspecified atom stereocenters. The SMILES string of the molecule is N=C(N)NCC(=O)OC(=O)C(Cl)Cl. The highest BCUT2D eigenvalue weighted by molar-refractivity contribution is 6.53. The van der Waals surface area contributed by atoms with E-state index in [9.17, 15) is 9.59 Å². The fraction of sp³-hybridized carbons (Fsp3) is 0.400. The molecule has 6 nitrogen and oxygen atoms in total. The molecule has 0 heterocycles. The number of ether oxygens (including phenoxy) is 1. The number of carbonyl (C=O) groups is 2. The molecular weight excluding hydrogens is 221 g/mol. The van der Waals surface area contributed by atoms with Crippen molar-refractivity contribution in [1.29, 1.82) is 5.41 Å². The van der Waals surface area contributed by atoms with Crippen LogP contribution in [0.15, 0.2) is 0 Å². The molecule has 0 spiro atoms. The largest absolute Gasteiger partial charge is 0.390 e. The summed E-state index contributed by atoms with van der Waals surface area (Å²) in [5, 5.41) is 8.81. The van der Waals surface area contributed by atoms with Crippen LogP contribution in [-0.4, -0.2) is 29.3 Å². The quantitative estimate of drug-likeness (QED) is 0.195. The first-order valence-electron chi connectivity index (χ1n) is 3.04. The Morgan fingerprint density at radius 3 is 2.46 bits per heavy atom. The zero-order chi connectivity index (χ0) is 10.4. The number of carbonyl (C=O) groups excluding carboxylic acids is 2. The predicted molar refractivity (Wildman–Crippen MR) is 46.5 cm³/mol. The second-order valence-corrected chi connectivity index (χ2v) is 2.96. The van der Waals surface area contributed by atoms with E-state index in [-0.39, 0.29) is 6.54 Å². The van der Waals surface area contributed by atoms with Gasteiger partial charge >= 0.3 is 11.9 Å². The van der Waals surface area contributed by atoms with Crippen molar-refractivity contribution >= 4 is 41.1 Å². The topological polar surface area (TPSA) is 105 Å². The third-order valence-corrected chi connectivity index (χ3v) is 1.17. The van der Waals surface area contributed by atoms with Gasteiger partial charge in [0.25, 0.3) is 0 Å². The first kappa shape index (κ1) is 12.0. The lowest BCUT2D eigenvalue weighted by Gasteiger charge is -2.03. The molecule has 0 radical (unpaired) electrons. The zero-order valence-electron chi connectivity index (χ0n) is 6.34. The Bertz CT molecular complexity index is 231. The fourth-order valence-electron chi connectivity index (χ4n) is 0.360. The standard InChI is InChI=1S/C5H7Cl2N3O3/c6-3(7)4(12)13-2(11)1-10-5(8)9/h3H,1H2,(H4,8,9,10). The third kappa shape index (κ3) is 6.18. The van der Waals surface area contributed by atoms with Gasteiger partial charge in [0.1, 0.15) is 6.54 Å². The molecule has 0 atom stereocenters. The van der Waals surface area contributed by atoms with Crippen LogP contribution in [0, 0.1) is 5.41 Å². The van der Waals surface area contributed by atoms with E-state index in [1.165, 1.54) is 0 Å². The molecule has 0 aliphatic heterocycles. The molecule has 0 bridgehead atoms. The summed E-state index contributed by atoms with van der Waals surface area (Å²) in [5.74, 6) is -2.37. The maximum Gasteiger partial charge on any atom is 0.347 e. The second-order valence-electron chi connectivity index (χ2n) is 1.86. The monoisotopic (exact) mass is 227 g/mol. The lowest BCUT2D eigenvalue weighted by molar-refractivity contribution is -0.157. The highest BCUT2D eigenvalue weighted by Gasteiger charge is 2.17. The fourth-order valence-corrected chi connectivity index (χ4v) is 0.449. The van der Waals surface area contributed by atoms with Gasteiger partial charge in [-0.1, -0.05) is 23.2 Å². The number of nitrogens with one attached hydrogen (secondary N) is 2. The lowest BCUT2D eigenvalue weighted by atomic mass is 10.6. The third-order valence-electron chi connectivity index (χ3n) is 0.816. The van der Waals surface area contributed by atoms with Gasteiger partial charge in [-0.3, -0.25) is 5.41 Å². The van der Waals surface area contributed by atoms with Crippen LogP contribution in [0.4, 0.5) is 0 Å². The van der Waals surface area contributed by atoms with Crippen LogP contribution in [0.2, 0.25) is 0 Å². The van der Waals surface area contributed by atoms with E-state index in [4.69, 9.17) is 34.3 Å². The van der Waals surface area contributed by atoms with Crippen molar-refractivity contribution in [2.24, 2.45) is 5.73 Å². The number of guanidine groups is 1. The van der Waals surface area contributed by atoms with Crippen molar-refractivity contribution in [2.75, 3.05) is 6.54 Å². The minimum atomic E-state index is -1.40. The Balaban J connectivity index is 3.75. The Morgan fingerprint density at radius 1 is 1.54 bits per heavy atom. The van der Waals surface area contributed by atoms with Gasteiger partial charge in [-0.05, 0) is 0 Å². The molecule has 74 valence electrons. The number of halogens is 2. The zero-order valence-corrected chi connectivity index (χ0v) is 7.85. The van der Waals surface area contributed by atoms with Crippen LogP contribution in [0.1, 0.15) is 0 Å². The highest BCUT2D eigenvalue weighted by Crippen LogP contribution is 2.03. The molecule has 4 N–H and O–H groups in total. The summed E-state index contributed by atoms with van der Waals surface area (Å²) in [4.78, 5) is 19.9. The van der Waals surface area contributed by atoms with E-state index in [0.717, 1.165) is 0 Å². The minimum Gasteiger partial charge on any atom is -0.390 e. The molecule has 8 heteroatoms. The molecule has 0 amide bonds. The van der Waals surface area contributed by atoms with Gasteiger partial charge in [-0.2, -0.15) is 0 Å². The van der Waals surface area contributed by atoms with Crippen molar-refractivity contribution in [3.63, 3.8) is 0 Å². The van der Waals surface area contributed by atoms with Gasteiger partial charge in [-0.25, -0.2) is 9.59 Å². The molecule has 0 aromatic carbocycles. The second kappa shape index (κ2) is 5.60. The molecule has 0 fully saturated rings. The number of hydrogen-bond acceptors (Lipinski definition) is 4. The molecule has 0 aromatic heterocycles. The minimum absolute atomic E-state index is 0.387. The molecule has 13 heavy (non-hydrogen) atoms. The Labute approximate surface area is 83.8 Å². The van der Waals surface area contributed by atoms with Crippen molar-refractivity contribution < 1.29 is 14.3 Å². The number of alkyl halides is 2. The summed E-state index contributed by atoms with van der Waals surface area (Å²) in [6.45, 7) is -0.387. The maximum absolute atomic E-state index is 10.7. The van der Waals surface area contributed by atoms with E-state index in [0.29, 0.717) is 0 Å². The van der Waals surface area contributed by atoms with E-state index in [1.807, 2.05) is 0 Å². The van der Waals surface area contributed by atoms with Crippen molar-refractivity contribution in [3.8, 4) is 0 Å². The van der Waals surface area contributed by atoms with E-state index >= 15 is 0 Å². The van der Waals surface area contributed by atoms with Crippen LogP contribution in [0.25, 0.3) is 0 Å². The van der Waals surface area contributed by atoms with Crippen LogP contribution in [0.5, 0.6) is 0 Å². The summed E-state index contributed by atoms with van der Waals surface area (Å²) in [6, 6.07) is 0. The summed E-state index contributed by atoms with van der Waals surface area (Å²) in [7, 11) is 0. The normalized spacial score (nSPS) is 9.46. The number of rotatable bonds is 3. The van der Waals surface area contributed by atoms with Gasteiger partial charge in [0, 0.05) is 0 Å². The first-order chi connectivity index (χ1) is 5.93. The molecule has 0 saturated heterocycles. The van der Waals surface area contributed by atoms with Gasteiger partial charge in [0.2, 0.25) is 4.84 Å². The van der Waals surface area contributed by atoms with E-state index in [1.54, 1.807) is 0 Å². The molecule has 0 aromatic rings. The smallest absolute Gasteiger partial charge is 0.347 e. The summed E-state index contributed by atoms with van der Waals surface area (Å²) < 4.78 is 4.11. The average Bonchev–Trinajstić information content (AvgIpc) is 2.00. The van der Waals surface area contributed by atoms with Crippen LogP contribution in [-0.2, 0) is 14.3 Å². The van der Waals surface area contributed by atoms with Crippen molar-refractivity contribution in [2.45, 2.75) is 4.84 Å². The van der Waals surface area contributed by atoms with Crippen LogP contribution < -0.4 is 11.1 Å². The van der Waals surface area contributed by atoms with Gasteiger partial charge < -0.3 is 15.8 Å². The predicted octanol–water partition coefficient (Wildman–Crippen LogP) is -0.657. The first-order valence-corrected chi connectivity index (χ1v) is 3.91.